The first-order valence-corrected chi connectivity index (χ1v) is 11.8. The smallest absolute Gasteiger partial charge is 0.266 e. The first-order valence-electron chi connectivity index (χ1n) is 10.3. The predicted octanol–water partition coefficient (Wildman–Crippen LogP) is 6.79. The Kier molecular flexibility index (Phi) is 5.61. The van der Waals surface area contributed by atoms with Crippen molar-refractivity contribution in [1.29, 1.82) is 0 Å². The number of para-hydroxylation sites is 1. The van der Waals surface area contributed by atoms with Gasteiger partial charge in [-0.1, -0.05) is 29.8 Å². The lowest BCUT2D eigenvalue weighted by Gasteiger charge is -2.12. The van der Waals surface area contributed by atoms with E-state index < -0.39 is 0 Å². The quantitative estimate of drug-likeness (QED) is 0.231. The molecule has 5 rings (SSSR count). The Hall–Kier alpha value is -2.90. The highest BCUT2D eigenvalue weighted by Crippen LogP contribution is 2.23. The summed E-state index contributed by atoms with van der Waals surface area (Å²) in [7, 11) is 0. The second-order valence-electron chi connectivity index (χ2n) is 7.45. The molecule has 0 saturated carbocycles. The molecule has 0 aliphatic carbocycles. The molecule has 0 bridgehead atoms. The topological polar surface area (TPSA) is 39.8 Å². The molecule has 0 saturated heterocycles. The van der Waals surface area contributed by atoms with Gasteiger partial charge in [-0.05, 0) is 96.3 Å². The molecular formula is C26H19ClIN3O. The molecule has 0 aliphatic rings. The van der Waals surface area contributed by atoms with Gasteiger partial charge in [0.05, 0.1) is 16.6 Å². The summed E-state index contributed by atoms with van der Waals surface area (Å²) in [6.07, 6.45) is 3.93. The van der Waals surface area contributed by atoms with Gasteiger partial charge in [-0.3, -0.25) is 9.36 Å². The van der Waals surface area contributed by atoms with Gasteiger partial charge in [0.1, 0.15) is 5.82 Å². The van der Waals surface area contributed by atoms with Gasteiger partial charge in [0, 0.05) is 31.7 Å². The maximum Gasteiger partial charge on any atom is 0.266 e. The van der Waals surface area contributed by atoms with Gasteiger partial charge in [0.25, 0.3) is 5.56 Å². The molecule has 0 radical (unpaired) electrons. The molecule has 2 heterocycles. The highest BCUT2D eigenvalue weighted by Gasteiger charge is 2.12. The molecule has 3 aromatic carbocycles. The number of rotatable bonds is 4. The van der Waals surface area contributed by atoms with Gasteiger partial charge >= 0.3 is 0 Å². The van der Waals surface area contributed by atoms with Crippen LogP contribution in [0, 0.1) is 3.57 Å². The van der Waals surface area contributed by atoms with Crippen LogP contribution in [-0.2, 0) is 6.54 Å². The van der Waals surface area contributed by atoms with E-state index in [0.29, 0.717) is 21.7 Å². The Morgan fingerprint density at radius 1 is 1.00 bits per heavy atom. The molecule has 0 unspecified atom stereocenters. The minimum absolute atomic E-state index is 0.105. The normalized spacial score (nSPS) is 11.7. The van der Waals surface area contributed by atoms with Crippen molar-refractivity contribution < 1.29 is 0 Å². The largest absolute Gasteiger partial charge is 0.341 e. The second kappa shape index (κ2) is 8.56. The lowest BCUT2D eigenvalue weighted by atomic mass is 10.2. The van der Waals surface area contributed by atoms with E-state index in [0.717, 1.165) is 21.5 Å². The lowest BCUT2D eigenvalue weighted by Crippen LogP contribution is -2.22. The number of nitrogens with zero attached hydrogens (tertiary/aromatic N) is 3. The third-order valence-electron chi connectivity index (χ3n) is 5.50. The third kappa shape index (κ3) is 3.76. The average Bonchev–Trinajstić information content (AvgIpc) is 3.16. The van der Waals surface area contributed by atoms with Gasteiger partial charge in [0.15, 0.2) is 0 Å². The summed E-state index contributed by atoms with van der Waals surface area (Å²) in [6, 6.07) is 23.5. The molecule has 2 aromatic heterocycles. The van der Waals surface area contributed by atoms with Gasteiger partial charge in [-0.25, -0.2) is 4.98 Å². The highest BCUT2D eigenvalue weighted by atomic mass is 127. The SMILES string of the molecule is CCn1c(/C=C/c2nc3ccc(I)cc3c(=O)n2-c2ccc(Cl)cc2)cc2ccccc21. The van der Waals surface area contributed by atoms with E-state index in [4.69, 9.17) is 16.6 Å². The molecule has 158 valence electrons. The summed E-state index contributed by atoms with van der Waals surface area (Å²) < 4.78 is 4.89. The van der Waals surface area contributed by atoms with Crippen molar-refractivity contribution in [2.24, 2.45) is 0 Å². The zero-order valence-electron chi connectivity index (χ0n) is 17.3. The number of hydrogen-bond donors (Lipinski definition) is 0. The van der Waals surface area contributed by atoms with E-state index in [2.05, 4.69) is 52.3 Å². The molecule has 4 nitrogen and oxygen atoms in total. The second-order valence-corrected chi connectivity index (χ2v) is 9.14. The Morgan fingerprint density at radius 3 is 2.56 bits per heavy atom. The number of aryl methyl sites for hydroxylation is 1. The van der Waals surface area contributed by atoms with Gasteiger partial charge in [-0.15, -0.1) is 0 Å². The monoisotopic (exact) mass is 551 g/mol. The van der Waals surface area contributed by atoms with Crippen molar-refractivity contribution in [1.82, 2.24) is 14.1 Å². The van der Waals surface area contributed by atoms with Crippen LogP contribution in [0.15, 0.2) is 77.6 Å². The van der Waals surface area contributed by atoms with E-state index in [1.165, 1.54) is 10.9 Å². The van der Waals surface area contributed by atoms with E-state index in [1.807, 2.05) is 54.6 Å². The Bertz CT molecular complexity index is 1550. The zero-order chi connectivity index (χ0) is 22.2. The van der Waals surface area contributed by atoms with Crippen molar-refractivity contribution in [3.63, 3.8) is 0 Å². The fourth-order valence-electron chi connectivity index (χ4n) is 4.01. The van der Waals surface area contributed by atoms with Crippen LogP contribution in [0.5, 0.6) is 0 Å². The fraction of sp³-hybridized carbons (Fsp3) is 0.0769. The molecule has 0 N–H and O–H groups in total. The van der Waals surface area contributed by atoms with Crippen LogP contribution >= 0.6 is 34.2 Å². The molecular weight excluding hydrogens is 533 g/mol. The molecule has 0 aliphatic heterocycles. The van der Waals surface area contributed by atoms with Crippen LogP contribution < -0.4 is 5.56 Å². The summed E-state index contributed by atoms with van der Waals surface area (Å²) >= 11 is 8.30. The zero-order valence-corrected chi connectivity index (χ0v) is 20.2. The van der Waals surface area contributed by atoms with E-state index in [-0.39, 0.29) is 5.56 Å². The molecule has 5 aromatic rings. The fourth-order valence-corrected chi connectivity index (χ4v) is 4.63. The van der Waals surface area contributed by atoms with Gasteiger partial charge < -0.3 is 4.57 Å². The van der Waals surface area contributed by atoms with Crippen LogP contribution in [0.1, 0.15) is 18.4 Å². The van der Waals surface area contributed by atoms with Crippen molar-refractivity contribution in [2.75, 3.05) is 0 Å². The van der Waals surface area contributed by atoms with Gasteiger partial charge in [0.2, 0.25) is 0 Å². The molecule has 0 fully saturated rings. The highest BCUT2D eigenvalue weighted by molar-refractivity contribution is 14.1. The minimum Gasteiger partial charge on any atom is -0.341 e. The van der Waals surface area contributed by atoms with Gasteiger partial charge in [-0.2, -0.15) is 0 Å². The maximum absolute atomic E-state index is 13.5. The number of benzene rings is 3. The summed E-state index contributed by atoms with van der Waals surface area (Å²) in [6.45, 7) is 2.98. The molecule has 0 amide bonds. The van der Waals surface area contributed by atoms with Crippen LogP contribution in [-0.4, -0.2) is 14.1 Å². The number of fused-ring (bicyclic) bond motifs is 2. The predicted molar refractivity (Wildman–Crippen MR) is 142 cm³/mol. The van der Waals surface area contributed by atoms with Crippen LogP contribution in [0.25, 0.3) is 39.6 Å². The average molecular weight is 552 g/mol. The summed E-state index contributed by atoms with van der Waals surface area (Å²) in [5, 5.41) is 2.39. The van der Waals surface area contributed by atoms with Crippen molar-refractivity contribution in [3.8, 4) is 5.69 Å². The number of halogens is 2. The minimum atomic E-state index is -0.105. The summed E-state index contributed by atoms with van der Waals surface area (Å²) in [4.78, 5) is 18.3. The summed E-state index contributed by atoms with van der Waals surface area (Å²) in [5.74, 6) is 0.568. The number of aromatic nitrogens is 3. The maximum atomic E-state index is 13.5. The third-order valence-corrected chi connectivity index (χ3v) is 6.43. The van der Waals surface area contributed by atoms with E-state index in [1.54, 1.807) is 16.7 Å². The van der Waals surface area contributed by atoms with Crippen molar-refractivity contribution >= 4 is 68.1 Å². The summed E-state index contributed by atoms with van der Waals surface area (Å²) in [5.41, 5.74) is 3.55. The van der Waals surface area contributed by atoms with E-state index >= 15 is 0 Å². The molecule has 6 heteroatoms. The van der Waals surface area contributed by atoms with Crippen LogP contribution in [0.3, 0.4) is 0 Å². The lowest BCUT2D eigenvalue weighted by molar-refractivity contribution is 0.790. The van der Waals surface area contributed by atoms with E-state index in [9.17, 15) is 4.79 Å². The molecule has 0 spiro atoms. The Balaban J connectivity index is 1.73. The Morgan fingerprint density at radius 2 is 1.78 bits per heavy atom. The van der Waals surface area contributed by atoms with Crippen LogP contribution in [0.2, 0.25) is 5.02 Å². The first kappa shape index (κ1) is 21.0. The van der Waals surface area contributed by atoms with Crippen molar-refractivity contribution in [2.45, 2.75) is 13.5 Å². The number of hydrogen-bond acceptors (Lipinski definition) is 2. The first-order chi connectivity index (χ1) is 15.5. The Labute approximate surface area is 203 Å². The van der Waals surface area contributed by atoms with Crippen molar-refractivity contribution in [3.05, 3.63) is 103 Å². The molecule has 32 heavy (non-hydrogen) atoms. The molecule has 0 atom stereocenters. The van der Waals surface area contributed by atoms with Crippen LogP contribution in [0.4, 0.5) is 0 Å². The standard InChI is InChI=1S/C26H19ClIN3O/c1-2-30-21(15-17-5-3-4-6-24(17)30)12-14-25-29-23-13-9-19(28)16-22(23)26(32)31(25)20-10-7-18(27)8-11-20/h3-16H,2H2,1H3/b14-12+.